The van der Waals surface area contributed by atoms with Crippen LogP contribution in [0.25, 0.3) is 11.0 Å². The Morgan fingerprint density at radius 3 is 2.30 bits per heavy atom. The van der Waals surface area contributed by atoms with E-state index in [4.69, 9.17) is 14.1 Å². The maximum Gasteiger partial charge on any atom is 0.239 e. The van der Waals surface area contributed by atoms with Gasteiger partial charge in [-0.2, -0.15) is 0 Å². The number of sulfone groups is 2. The third-order valence-electron chi connectivity index (χ3n) is 5.64. The molecule has 8 nitrogen and oxygen atoms in total. The monoisotopic (exact) mass is 496 g/mol. The molecule has 3 rings (SSSR count). The van der Waals surface area contributed by atoms with Gasteiger partial charge in [0, 0.05) is 31.9 Å². The standard InChI is InChI=1S/C23H32N2O6S2/c1-7-16(12-13-30-5)15-25-19-9-8-17(14-18(19)24-22(25)23(2,3)4)33(28,29)21-11-10-20(31-21)32(6,26)27/h8-11,14,16H,7,12-13,15H2,1-6H3. The van der Waals surface area contributed by atoms with Crippen LogP contribution in [0.15, 0.2) is 49.8 Å². The summed E-state index contributed by atoms with van der Waals surface area (Å²) >= 11 is 0. The number of aromatic nitrogens is 2. The SMILES string of the molecule is CCC(CCOC)Cn1c(C(C)(C)C)nc2cc(S(=O)(=O)c3ccc(S(C)(=O)=O)o3)ccc21. The van der Waals surface area contributed by atoms with Crippen LogP contribution in [0.5, 0.6) is 0 Å². The molecule has 182 valence electrons. The van der Waals surface area contributed by atoms with E-state index in [2.05, 4.69) is 32.3 Å². The molecule has 0 bridgehead atoms. The lowest BCUT2D eigenvalue weighted by Crippen LogP contribution is -2.22. The minimum absolute atomic E-state index is 0.000865. The fourth-order valence-electron chi connectivity index (χ4n) is 3.76. The van der Waals surface area contributed by atoms with Crippen molar-refractivity contribution in [3.63, 3.8) is 0 Å². The van der Waals surface area contributed by atoms with Crippen molar-refractivity contribution in [1.82, 2.24) is 9.55 Å². The van der Waals surface area contributed by atoms with E-state index in [1.807, 2.05) is 0 Å². The van der Waals surface area contributed by atoms with Gasteiger partial charge in [0.25, 0.3) is 0 Å². The summed E-state index contributed by atoms with van der Waals surface area (Å²) in [6, 6.07) is 7.11. The Hall–Kier alpha value is -2.17. The fraction of sp³-hybridized carbons (Fsp3) is 0.522. The Labute approximate surface area is 195 Å². The molecule has 0 spiro atoms. The predicted molar refractivity (Wildman–Crippen MR) is 126 cm³/mol. The molecule has 1 aromatic carbocycles. The van der Waals surface area contributed by atoms with Gasteiger partial charge < -0.3 is 13.7 Å². The molecule has 3 aromatic rings. The first-order valence-corrected chi connectivity index (χ1v) is 14.2. The number of imidazole rings is 1. The minimum atomic E-state index is -4.05. The highest BCUT2D eigenvalue weighted by atomic mass is 32.2. The zero-order valence-electron chi connectivity index (χ0n) is 20.0. The highest BCUT2D eigenvalue weighted by Gasteiger charge is 2.28. The van der Waals surface area contributed by atoms with Crippen LogP contribution < -0.4 is 0 Å². The molecular weight excluding hydrogens is 464 g/mol. The molecule has 0 saturated carbocycles. The maximum absolute atomic E-state index is 13.1. The van der Waals surface area contributed by atoms with Gasteiger partial charge in [-0.3, -0.25) is 0 Å². The van der Waals surface area contributed by atoms with Gasteiger partial charge in [0.15, 0.2) is 0 Å². The molecule has 0 aliphatic rings. The van der Waals surface area contributed by atoms with Gasteiger partial charge in [0.05, 0.1) is 15.9 Å². The minimum Gasteiger partial charge on any atom is -0.433 e. The first-order valence-electron chi connectivity index (χ1n) is 10.8. The number of rotatable bonds is 9. The predicted octanol–water partition coefficient (Wildman–Crippen LogP) is 4.23. The largest absolute Gasteiger partial charge is 0.433 e. The van der Waals surface area contributed by atoms with Crippen molar-refractivity contribution < 1.29 is 26.0 Å². The molecule has 0 aliphatic carbocycles. The van der Waals surface area contributed by atoms with Crippen molar-refractivity contribution >= 4 is 30.7 Å². The zero-order valence-corrected chi connectivity index (χ0v) is 21.6. The van der Waals surface area contributed by atoms with E-state index in [9.17, 15) is 16.8 Å². The van der Waals surface area contributed by atoms with E-state index in [1.54, 1.807) is 13.2 Å². The second-order valence-corrected chi connectivity index (χ2v) is 13.2. The van der Waals surface area contributed by atoms with Crippen LogP contribution in [0.3, 0.4) is 0 Å². The summed E-state index contributed by atoms with van der Waals surface area (Å²) < 4.78 is 62.2. The number of hydrogen-bond acceptors (Lipinski definition) is 7. The summed E-state index contributed by atoms with van der Waals surface area (Å²) in [5.74, 6) is 1.27. The summed E-state index contributed by atoms with van der Waals surface area (Å²) in [6.07, 6.45) is 2.87. The van der Waals surface area contributed by atoms with Crippen LogP contribution in [0.2, 0.25) is 0 Å². The Morgan fingerprint density at radius 1 is 1.09 bits per heavy atom. The molecule has 0 saturated heterocycles. The molecule has 2 aromatic heterocycles. The average molecular weight is 497 g/mol. The summed E-state index contributed by atoms with van der Waals surface area (Å²) in [5.41, 5.74) is 1.17. The smallest absolute Gasteiger partial charge is 0.239 e. The number of methoxy groups -OCH3 is 1. The highest BCUT2D eigenvalue weighted by molar-refractivity contribution is 7.91. The topological polar surface area (TPSA) is 108 Å². The lowest BCUT2D eigenvalue weighted by atomic mass is 9.95. The Bertz CT molecular complexity index is 1350. The first kappa shape index (κ1) is 25.5. The van der Waals surface area contributed by atoms with Crippen molar-refractivity contribution in [3.05, 3.63) is 36.2 Å². The van der Waals surface area contributed by atoms with Crippen LogP contribution in [0, 0.1) is 5.92 Å². The molecule has 33 heavy (non-hydrogen) atoms. The number of benzene rings is 1. The molecule has 2 heterocycles. The van der Waals surface area contributed by atoms with Crippen LogP contribution >= 0.6 is 0 Å². The number of hydrogen-bond donors (Lipinski definition) is 0. The van der Waals surface area contributed by atoms with Gasteiger partial charge in [-0.05, 0) is 42.7 Å². The Kier molecular flexibility index (Phi) is 7.12. The van der Waals surface area contributed by atoms with E-state index in [0.29, 0.717) is 18.0 Å². The van der Waals surface area contributed by atoms with E-state index in [-0.39, 0.29) is 15.4 Å². The maximum atomic E-state index is 13.1. The molecule has 0 fully saturated rings. The van der Waals surface area contributed by atoms with Crippen molar-refractivity contribution in [1.29, 1.82) is 0 Å². The van der Waals surface area contributed by atoms with Gasteiger partial charge in [0.2, 0.25) is 29.9 Å². The number of nitrogens with zero attached hydrogens (tertiary/aromatic N) is 2. The number of furan rings is 1. The molecule has 1 atom stereocenters. The number of fused-ring (bicyclic) bond motifs is 1. The summed E-state index contributed by atoms with van der Waals surface area (Å²) in [7, 11) is -6.01. The molecule has 0 amide bonds. The van der Waals surface area contributed by atoms with Gasteiger partial charge >= 0.3 is 0 Å². The van der Waals surface area contributed by atoms with Gasteiger partial charge in [-0.15, -0.1) is 0 Å². The zero-order chi connectivity index (χ0) is 24.6. The molecule has 0 N–H and O–H groups in total. The van der Waals surface area contributed by atoms with E-state index < -0.39 is 24.8 Å². The molecular formula is C23H32N2O6S2. The third-order valence-corrected chi connectivity index (χ3v) is 8.21. The fourth-order valence-corrected chi connectivity index (χ4v) is 5.57. The van der Waals surface area contributed by atoms with E-state index in [1.165, 1.54) is 12.1 Å². The van der Waals surface area contributed by atoms with Crippen LogP contribution in [-0.4, -0.2) is 46.4 Å². The van der Waals surface area contributed by atoms with Crippen LogP contribution in [-0.2, 0) is 36.4 Å². The quantitative estimate of drug-likeness (QED) is 0.436. The summed E-state index contributed by atoms with van der Waals surface area (Å²) in [4.78, 5) is 4.81. The second kappa shape index (κ2) is 9.23. The third kappa shape index (κ3) is 5.33. The van der Waals surface area contributed by atoms with Gasteiger partial charge in [-0.25, -0.2) is 21.8 Å². The van der Waals surface area contributed by atoms with E-state index >= 15 is 0 Å². The number of ether oxygens (including phenoxy) is 1. The lowest BCUT2D eigenvalue weighted by Gasteiger charge is -2.23. The average Bonchev–Trinajstić information content (AvgIpc) is 3.36. The molecule has 0 aliphatic heterocycles. The van der Waals surface area contributed by atoms with Crippen molar-refractivity contribution in [2.45, 2.75) is 67.6 Å². The van der Waals surface area contributed by atoms with Crippen molar-refractivity contribution in [3.8, 4) is 0 Å². The van der Waals surface area contributed by atoms with Crippen LogP contribution in [0.4, 0.5) is 0 Å². The normalized spacial score (nSPS) is 14.1. The lowest BCUT2D eigenvalue weighted by molar-refractivity contribution is 0.171. The van der Waals surface area contributed by atoms with Crippen molar-refractivity contribution in [2.75, 3.05) is 20.0 Å². The second-order valence-electron chi connectivity index (χ2n) is 9.35. The highest BCUT2D eigenvalue weighted by Crippen LogP contribution is 2.31. The Morgan fingerprint density at radius 2 is 1.76 bits per heavy atom. The summed E-state index contributed by atoms with van der Waals surface area (Å²) in [5, 5.41) is -0.800. The molecule has 1 unspecified atom stereocenters. The molecule has 10 heteroatoms. The van der Waals surface area contributed by atoms with Gasteiger partial charge in [-0.1, -0.05) is 34.1 Å². The Balaban J connectivity index is 2.09. The van der Waals surface area contributed by atoms with E-state index in [0.717, 1.165) is 49.1 Å². The first-order chi connectivity index (χ1) is 15.3. The molecule has 0 radical (unpaired) electrons. The summed E-state index contributed by atoms with van der Waals surface area (Å²) in [6.45, 7) is 9.81. The van der Waals surface area contributed by atoms with Crippen molar-refractivity contribution in [2.24, 2.45) is 5.92 Å². The van der Waals surface area contributed by atoms with Gasteiger partial charge in [0.1, 0.15) is 5.82 Å². The van der Waals surface area contributed by atoms with Crippen LogP contribution in [0.1, 0.15) is 46.4 Å².